The number of piperazine rings is 1. The second-order valence-electron chi connectivity index (χ2n) is 9.31. The first-order valence-corrected chi connectivity index (χ1v) is 12.6. The molecule has 0 spiro atoms. The Kier molecular flexibility index (Phi) is 11.9. The largest absolute Gasteiger partial charge is 0.462 e. The smallest absolute Gasteiger partial charge is 0.451 e. The van der Waals surface area contributed by atoms with Crippen molar-refractivity contribution in [2.45, 2.75) is 70.5 Å². The van der Waals surface area contributed by atoms with Gasteiger partial charge in [0.2, 0.25) is 0 Å². The summed E-state index contributed by atoms with van der Waals surface area (Å²) in [5.74, 6) is -0.367. The molecule has 0 aromatic heterocycles. The highest BCUT2D eigenvalue weighted by molar-refractivity contribution is 6.42. The molecule has 0 aliphatic carbocycles. The van der Waals surface area contributed by atoms with E-state index in [1.807, 2.05) is 32.0 Å². The van der Waals surface area contributed by atoms with Gasteiger partial charge >= 0.3 is 13.1 Å². The third-order valence-electron chi connectivity index (χ3n) is 6.04. The zero-order chi connectivity index (χ0) is 24.4. The van der Waals surface area contributed by atoms with Crippen LogP contribution in [0.4, 0.5) is 0 Å². The quantitative estimate of drug-likeness (QED) is 0.217. The molecular formula is C23H38BCl2N3O4. The molecule has 1 fully saturated rings. The van der Waals surface area contributed by atoms with Crippen LogP contribution in [0.25, 0.3) is 0 Å². The Morgan fingerprint density at radius 2 is 1.73 bits per heavy atom. The van der Waals surface area contributed by atoms with Gasteiger partial charge in [0.1, 0.15) is 5.54 Å². The van der Waals surface area contributed by atoms with Gasteiger partial charge in [0.15, 0.2) is 0 Å². The number of halogens is 2. The van der Waals surface area contributed by atoms with E-state index < -0.39 is 12.7 Å². The Balaban J connectivity index is 1.78. The molecule has 0 radical (unpaired) electrons. The molecule has 0 amide bonds. The summed E-state index contributed by atoms with van der Waals surface area (Å²) in [4.78, 5) is 17.5. The fourth-order valence-electron chi connectivity index (χ4n) is 4.11. The topological polar surface area (TPSA) is 99.3 Å². The number of carbonyl (C=O) groups is 1. The summed E-state index contributed by atoms with van der Waals surface area (Å²) in [5, 5.41) is 19.2. The van der Waals surface area contributed by atoms with Gasteiger partial charge in [0.05, 0.1) is 16.1 Å². The van der Waals surface area contributed by atoms with Gasteiger partial charge in [-0.1, -0.05) is 42.1 Å². The first-order chi connectivity index (χ1) is 15.6. The highest BCUT2D eigenvalue weighted by atomic mass is 35.5. The summed E-state index contributed by atoms with van der Waals surface area (Å²) in [5.41, 5.74) is 6.62. The van der Waals surface area contributed by atoms with E-state index in [-0.39, 0.29) is 18.4 Å². The number of nitrogens with two attached hydrogens (primary N) is 1. The van der Waals surface area contributed by atoms with E-state index in [2.05, 4.69) is 9.80 Å². The van der Waals surface area contributed by atoms with Crippen LogP contribution in [0.5, 0.6) is 0 Å². The van der Waals surface area contributed by atoms with Crippen molar-refractivity contribution in [2.24, 2.45) is 5.73 Å². The molecule has 33 heavy (non-hydrogen) atoms. The van der Waals surface area contributed by atoms with Crippen molar-refractivity contribution in [2.75, 3.05) is 32.7 Å². The Bertz CT molecular complexity index is 748. The van der Waals surface area contributed by atoms with Crippen molar-refractivity contribution in [3.05, 3.63) is 33.8 Å². The van der Waals surface area contributed by atoms with Crippen LogP contribution in [-0.2, 0) is 16.1 Å². The maximum atomic E-state index is 12.7. The minimum atomic E-state index is -1.32. The highest BCUT2D eigenvalue weighted by Gasteiger charge is 2.35. The van der Waals surface area contributed by atoms with Crippen molar-refractivity contribution in [1.82, 2.24) is 9.80 Å². The lowest BCUT2D eigenvalue weighted by atomic mass is 9.81. The van der Waals surface area contributed by atoms with Gasteiger partial charge in [-0.15, -0.1) is 0 Å². The van der Waals surface area contributed by atoms with Gasteiger partial charge < -0.3 is 25.4 Å². The first kappa shape index (κ1) is 28.4. The number of hydrogen-bond donors (Lipinski definition) is 3. The molecule has 1 unspecified atom stereocenters. The van der Waals surface area contributed by atoms with Crippen LogP contribution >= 0.6 is 23.2 Å². The molecule has 1 aliphatic rings. The van der Waals surface area contributed by atoms with Crippen LogP contribution in [-0.4, -0.2) is 77.3 Å². The molecule has 1 atom stereocenters. The standard InChI is InChI=1S/C23H38BCl2N3O4/c1-18(2)33-22(30)23(27,8-3-4-10-24(31)32)9-5-11-28-12-14-29(15-13-28)17-19-6-7-20(25)21(26)16-19/h6-7,16,18,31-32H,3-5,8-15,17,27H2,1-2H3. The lowest BCUT2D eigenvalue weighted by molar-refractivity contribution is -0.154. The molecular weight excluding hydrogens is 464 g/mol. The fraction of sp³-hybridized carbons (Fsp3) is 0.696. The molecule has 2 rings (SSSR count). The number of rotatable bonds is 13. The lowest BCUT2D eigenvalue weighted by Crippen LogP contribution is -2.51. The van der Waals surface area contributed by atoms with E-state index in [1.165, 1.54) is 0 Å². The summed E-state index contributed by atoms with van der Waals surface area (Å²) in [6, 6.07) is 5.78. The predicted molar refractivity (Wildman–Crippen MR) is 134 cm³/mol. The minimum Gasteiger partial charge on any atom is -0.462 e. The first-order valence-electron chi connectivity index (χ1n) is 11.8. The van der Waals surface area contributed by atoms with Crippen molar-refractivity contribution in [3.63, 3.8) is 0 Å². The number of hydrogen-bond acceptors (Lipinski definition) is 7. The van der Waals surface area contributed by atoms with Crippen molar-refractivity contribution in [3.8, 4) is 0 Å². The molecule has 0 saturated carbocycles. The van der Waals surface area contributed by atoms with Gasteiger partial charge in [-0.2, -0.15) is 0 Å². The average molecular weight is 502 g/mol. The molecule has 1 aromatic carbocycles. The number of nitrogens with zero attached hydrogens (tertiary/aromatic N) is 2. The van der Waals surface area contributed by atoms with E-state index in [4.69, 9.17) is 43.7 Å². The minimum absolute atomic E-state index is 0.219. The molecule has 4 N–H and O–H groups in total. The Morgan fingerprint density at radius 3 is 2.33 bits per heavy atom. The molecule has 1 aliphatic heterocycles. The molecule has 186 valence electrons. The van der Waals surface area contributed by atoms with E-state index >= 15 is 0 Å². The zero-order valence-electron chi connectivity index (χ0n) is 19.8. The maximum absolute atomic E-state index is 12.7. The highest BCUT2D eigenvalue weighted by Crippen LogP contribution is 2.24. The number of unbranched alkanes of at least 4 members (excludes halogenated alkanes) is 1. The summed E-state index contributed by atoms with van der Waals surface area (Å²) in [7, 11) is -1.32. The van der Waals surface area contributed by atoms with E-state index in [1.54, 1.807) is 0 Å². The summed E-state index contributed by atoms with van der Waals surface area (Å²) < 4.78 is 5.42. The van der Waals surface area contributed by atoms with Crippen LogP contribution in [0.1, 0.15) is 51.5 Å². The van der Waals surface area contributed by atoms with Gasteiger partial charge in [-0.3, -0.25) is 9.69 Å². The van der Waals surface area contributed by atoms with Crippen molar-refractivity contribution < 1.29 is 19.6 Å². The number of ether oxygens (including phenoxy) is 1. The van der Waals surface area contributed by atoms with Gasteiger partial charge in [0.25, 0.3) is 0 Å². The Morgan fingerprint density at radius 1 is 1.09 bits per heavy atom. The van der Waals surface area contributed by atoms with Gasteiger partial charge in [-0.05, 0) is 63.7 Å². The zero-order valence-corrected chi connectivity index (χ0v) is 21.3. The maximum Gasteiger partial charge on any atom is 0.451 e. The third kappa shape index (κ3) is 10.1. The monoisotopic (exact) mass is 501 g/mol. The van der Waals surface area contributed by atoms with E-state index in [0.29, 0.717) is 35.7 Å². The van der Waals surface area contributed by atoms with E-state index in [0.717, 1.165) is 51.3 Å². The third-order valence-corrected chi connectivity index (χ3v) is 6.78. The molecule has 10 heteroatoms. The van der Waals surface area contributed by atoms with Gasteiger partial charge in [-0.25, -0.2) is 0 Å². The SMILES string of the molecule is CC(C)OC(=O)C(N)(CCCCB(O)O)CCCN1CCN(Cc2ccc(Cl)c(Cl)c2)CC1. The van der Waals surface area contributed by atoms with Gasteiger partial charge in [0, 0.05) is 32.7 Å². The number of benzene rings is 1. The molecule has 1 aromatic rings. The molecule has 7 nitrogen and oxygen atoms in total. The summed E-state index contributed by atoms with van der Waals surface area (Å²) in [6.07, 6.45) is 3.14. The average Bonchev–Trinajstić information content (AvgIpc) is 2.74. The lowest BCUT2D eigenvalue weighted by Gasteiger charge is -2.35. The van der Waals surface area contributed by atoms with Crippen molar-refractivity contribution >= 4 is 36.3 Å². The van der Waals surface area contributed by atoms with E-state index in [9.17, 15) is 4.79 Å². The van der Waals surface area contributed by atoms with Crippen LogP contribution in [0.15, 0.2) is 18.2 Å². The second kappa shape index (κ2) is 13.9. The Hall–Kier alpha value is -0.865. The summed E-state index contributed by atoms with van der Waals surface area (Å²) in [6.45, 7) is 9.22. The second-order valence-corrected chi connectivity index (χ2v) is 10.1. The summed E-state index contributed by atoms with van der Waals surface area (Å²) >= 11 is 12.1. The van der Waals surface area contributed by atoms with Crippen LogP contribution in [0.2, 0.25) is 16.4 Å². The van der Waals surface area contributed by atoms with Crippen molar-refractivity contribution in [1.29, 1.82) is 0 Å². The van der Waals surface area contributed by atoms with Crippen LogP contribution < -0.4 is 5.73 Å². The molecule has 1 heterocycles. The van der Waals surface area contributed by atoms with Crippen LogP contribution in [0.3, 0.4) is 0 Å². The fourth-order valence-corrected chi connectivity index (χ4v) is 4.43. The predicted octanol–water partition coefficient (Wildman–Crippen LogP) is 3.18. The van der Waals surface area contributed by atoms with Crippen LogP contribution in [0, 0.1) is 0 Å². The normalized spacial score (nSPS) is 17.2. The number of carbonyl (C=O) groups excluding carboxylic acids is 1. The molecule has 1 saturated heterocycles. The Labute approximate surface area is 208 Å². The number of esters is 1. The molecule has 0 bridgehead atoms.